The Labute approximate surface area is 113 Å². The maximum absolute atomic E-state index is 13.8. The molecule has 4 aliphatic rings. The summed E-state index contributed by atoms with van der Waals surface area (Å²) < 4.78 is 13.8. The molecule has 5 rings (SSSR count). The van der Waals surface area contributed by atoms with Gasteiger partial charge in [-0.1, -0.05) is 12.1 Å². The van der Waals surface area contributed by atoms with Crippen LogP contribution in [-0.2, 0) is 0 Å². The van der Waals surface area contributed by atoms with Gasteiger partial charge in [-0.15, -0.1) is 0 Å². The second kappa shape index (κ2) is 4.16. The molecule has 1 aromatic rings. The number of carbonyl (C=O) groups excluding carboxylic acids is 1. The Morgan fingerprint density at radius 1 is 0.947 bits per heavy atom. The van der Waals surface area contributed by atoms with Crippen LogP contribution >= 0.6 is 0 Å². The average molecular weight is 258 g/mol. The minimum Gasteiger partial charge on any atom is -0.294 e. The standard InChI is InChI=1S/C17H19FO/c18-15-4-2-1-3-14(15)17(19)16-12-6-10-5-11(8-12)9-13(16)7-10/h1-4,10-13,16H,5-9H2. The number of ketones is 1. The molecule has 0 aromatic heterocycles. The molecular weight excluding hydrogens is 239 g/mol. The molecule has 0 atom stereocenters. The molecule has 1 nitrogen and oxygen atoms in total. The van der Waals surface area contributed by atoms with E-state index in [4.69, 9.17) is 0 Å². The fourth-order valence-corrected chi connectivity index (χ4v) is 5.19. The van der Waals surface area contributed by atoms with Gasteiger partial charge in [-0.25, -0.2) is 4.39 Å². The van der Waals surface area contributed by atoms with Crippen LogP contribution in [0.3, 0.4) is 0 Å². The van der Waals surface area contributed by atoms with E-state index in [-0.39, 0.29) is 17.5 Å². The Balaban J connectivity index is 1.66. The molecule has 19 heavy (non-hydrogen) atoms. The van der Waals surface area contributed by atoms with Gasteiger partial charge in [-0.2, -0.15) is 0 Å². The summed E-state index contributed by atoms with van der Waals surface area (Å²) in [7, 11) is 0. The van der Waals surface area contributed by atoms with Crippen molar-refractivity contribution in [1.82, 2.24) is 0 Å². The van der Waals surface area contributed by atoms with Crippen LogP contribution in [0.25, 0.3) is 0 Å². The lowest BCUT2D eigenvalue weighted by Gasteiger charge is -2.53. The summed E-state index contributed by atoms with van der Waals surface area (Å²) in [6.07, 6.45) is 6.21. The lowest BCUT2D eigenvalue weighted by molar-refractivity contribution is -0.0252. The van der Waals surface area contributed by atoms with Gasteiger partial charge in [0.1, 0.15) is 5.82 Å². The fraction of sp³-hybridized carbons (Fsp3) is 0.588. The summed E-state index contributed by atoms with van der Waals surface area (Å²) >= 11 is 0. The van der Waals surface area contributed by atoms with Crippen molar-refractivity contribution in [3.05, 3.63) is 35.6 Å². The van der Waals surface area contributed by atoms with E-state index in [1.807, 2.05) is 0 Å². The highest BCUT2D eigenvalue weighted by Crippen LogP contribution is 2.57. The molecule has 0 N–H and O–H groups in total. The third-order valence-electron chi connectivity index (χ3n) is 5.67. The Hall–Kier alpha value is -1.18. The summed E-state index contributed by atoms with van der Waals surface area (Å²) in [4.78, 5) is 12.7. The monoisotopic (exact) mass is 258 g/mol. The molecule has 0 saturated heterocycles. The normalized spacial score (nSPS) is 39.5. The third-order valence-corrected chi connectivity index (χ3v) is 5.67. The van der Waals surface area contributed by atoms with Gasteiger partial charge in [-0.3, -0.25) is 4.79 Å². The van der Waals surface area contributed by atoms with E-state index in [0.717, 1.165) is 11.8 Å². The van der Waals surface area contributed by atoms with E-state index in [1.54, 1.807) is 18.2 Å². The maximum atomic E-state index is 13.8. The SMILES string of the molecule is O=C(c1ccccc1F)C1C2CC3CC(C2)CC1C3. The molecule has 0 spiro atoms. The highest BCUT2D eigenvalue weighted by molar-refractivity contribution is 5.98. The first-order valence-electron chi connectivity index (χ1n) is 7.51. The minimum atomic E-state index is -0.346. The molecule has 4 saturated carbocycles. The van der Waals surface area contributed by atoms with E-state index in [0.29, 0.717) is 17.4 Å². The van der Waals surface area contributed by atoms with Gasteiger partial charge in [0.2, 0.25) is 0 Å². The van der Waals surface area contributed by atoms with E-state index < -0.39 is 0 Å². The molecule has 4 bridgehead atoms. The van der Waals surface area contributed by atoms with Gasteiger partial charge in [0.25, 0.3) is 0 Å². The lowest BCUT2D eigenvalue weighted by atomic mass is 9.51. The number of carbonyl (C=O) groups is 1. The van der Waals surface area contributed by atoms with Crippen LogP contribution < -0.4 is 0 Å². The molecule has 0 unspecified atom stereocenters. The second-order valence-corrected chi connectivity index (χ2v) is 6.80. The van der Waals surface area contributed by atoms with Crippen LogP contribution in [0.2, 0.25) is 0 Å². The van der Waals surface area contributed by atoms with E-state index >= 15 is 0 Å². The number of rotatable bonds is 2. The van der Waals surface area contributed by atoms with Crippen LogP contribution in [-0.4, -0.2) is 5.78 Å². The highest BCUT2D eigenvalue weighted by atomic mass is 19.1. The number of Topliss-reactive ketones (excluding diaryl/α,β-unsaturated/α-hetero) is 1. The van der Waals surface area contributed by atoms with Crippen LogP contribution in [0, 0.1) is 35.4 Å². The fourth-order valence-electron chi connectivity index (χ4n) is 5.19. The second-order valence-electron chi connectivity index (χ2n) is 6.80. The highest BCUT2D eigenvalue weighted by Gasteiger charge is 2.50. The predicted molar refractivity (Wildman–Crippen MR) is 71.3 cm³/mol. The molecule has 1 aromatic carbocycles. The summed E-state index contributed by atoms with van der Waals surface area (Å²) in [6, 6.07) is 6.49. The topological polar surface area (TPSA) is 17.1 Å². The smallest absolute Gasteiger partial charge is 0.169 e. The van der Waals surface area contributed by atoms with Gasteiger partial charge in [0, 0.05) is 5.92 Å². The van der Waals surface area contributed by atoms with Gasteiger partial charge in [-0.05, 0) is 67.9 Å². The van der Waals surface area contributed by atoms with Crippen molar-refractivity contribution in [3.8, 4) is 0 Å². The van der Waals surface area contributed by atoms with Crippen molar-refractivity contribution >= 4 is 5.78 Å². The molecule has 0 aliphatic heterocycles. The van der Waals surface area contributed by atoms with Gasteiger partial charge < -0.3 is 0 Å². The number of benzene rings is 1. The van der Waals surface area contributed by atoms with Crippen LogP contribution in [0.5, 0.6) is 0 Å². The summed E-state index contributed by atoms with van der Waals surface area (Å²) in [5.41, 5.74) is 0.319. The minimum absolute atomic E-state index is 0.0758. The first-order valence-corrected chi connectivity index (χ1v) is 7.51. The van der Waals surface area contributed by atoms with E-state index in [2.05, 4.69) is 0 Å². The Morgan fingerprint density at radius 2 is 1.53 bits per heavy atom. The molecule has 0 heterocycles. The molecule has 0 amide bonds. The van der Waals surface area contributed by atoms with Crippen molar-refractivity contribution in [2.45, 2.75) is 32.1 Å². The van der Waals surface area contributed by atoms with Crippen molar-refractivity contribution < 1.29 is 9.18 Å². The lowest BCUT2D eigenvalue weighted by Crippen LogP contribution is -2.48. The van der Waals surface area contributed by atoms with Crippen LogP contribution in [0.1, 0.15) is 42.5 Å². The van der Waals surface area contributed by atoms with Crippen molar-refractivity contribution in [2.75, 3.05) is 0 Å². The quantitative estimate of drug-likeness (QED) is 0.730. The van der Waals surface area contributed by atoms with Crippen molar-refractivity contribution in [1.29, 1.82) is 0 Å². The average Bonchev–Trinajstić information content (AvgIpc) is 2.37. The van der Waals surface area contributed by atoms with Gasteiger partial charge in [0.15, 0.2) is 5.78 Å². The van der Waals surface area contributed by atoms with E-state index in [9.17, 15) is 9.18 Å². The Bertz CT molecular complexity index is 494. The summed E-state index contributed by atoms with van der Waals surface area (Å²) in [5.74, 6) is 2.60. The zero-order valence-corrected chi connectivity index (χ0v) is 11.0. The Morgan fingerprint density at radius 3 is 2.11 bits per heavy atom. The van der Waals surface area contributed by atoms with Crippen molar-refractivity contribution in [3.63, 3.8) is 0 Å². The zero-order chi connectivity index (χ0) is 13.0. The number of halogens is 1. The number of hydrogen-bond donors (Lipinski definition) is 0. The number of hydrogen-bond acceptors (Lipinski definition) is 1. The Kier molecular flexibility index (Phi) is 2.54. The van der Waals surface area contributed by atoms with Gasteiger partial charge in [0.05, 0.1) is 5.56 Å². The van der Waals surface area contributed by atoms with Crippen molar-refractivity contribution in [2.24, 2.45) is 29.6 Å². The molecule has 100 valence electrons. The van der Waals surface area contributed by atoms with Gasteiger partial charge >= 0.3 is 0 Å². The maximum Gasteiger partial charge on any atom is 0.169 e. The molecular formula is C17H19FO. The molecule has 2 heteroatoms. The first-order chi connectivity index (χ1) is 9.22. The molecule has 4 fully saturated rings. The molecule has 4 aliphatic carbocycles. The molecule has 0 radical (unpaired) electrons. The summed E-state index contributed by atoms with van der Waals surface area (Å²) in [5, 5.41) is 0. The van der Waals surface area contributed by atoms with Crippen LogP contribution in [0.4, 0.5) is 4.39 Å². The largest absolute Gasteiger partial charge is 0.294 e. The first kappa shape index (κ1) is 11.6. The predicted octanol–water partition coefficient (Wildman–Crippen LogP) is 4.08. The van der Waals surface area contributed by atoms with Crippen LogP contribution in [0.15, 0.2) is 24.3 Å². The summed E-state index contributed by atoms with van der Waals surface area (Å²) in [6.45, 7) is 0. The zero-order valence-electron chi connectivity index (χ0n) is 11.0. The third kappa shape index (κ3) is 1.76. The van der Waals surface area contributed by atoms with E-state index in [1.165, 1.54) is 38.2 Å².